The van der Waals surface area contributed by atoms with Crippen LogP contribution in [0.3, 0.4) is 0 Å². The molecule has 0 aliphatic rings. The molecule has 106 valence electrons. The van der Waals surface area contributed by atoms with E-state index in [1.165, 1.54) is 11.3 Å². The van der Waals surface area contributed by atoms with Crippen molar-refractivity contribution in [3.8, 4) is 5.75 Å². The van der Waals surface area contributed by atoms with Gasteiger partial charge in [0.15, 0.2) is 0 Å². The smallest absolute Gasteiger partial charge is 0.120 e. The summed E-state index contributed by atoms with van der Waals surface area (Å²) in [7, 11) is 0. The van der Waals surface area contributed by atoms with E-state index in [0.29, 0.717) is 5.75 Å². The number of hydrogen-bond donors (Lipinski definition) is 1. The van der Waals surface area contributed by atoms with Crippen molar-refractivity contribution in [2.45, 2.75) is 26.8 Å². The van der Waals surface area contributed by atoms with E-state index in [9.17, 15) is 5.11 Å². The summed E-state index contributed by atoms with van der Waals surface area (Å²) in [4.78, 5) is 2.28. The molecule has 1 atom stereocenters. The van der Waals surface area contributed by atoms with Gasteiger partial charge in [0.05, 0.1) is 6.04 Å². The van der Waals surface area contributed by atoms with Crippen LogP contribution in [0.2, 0.25) is 0 Å². The first-order valence-electron chi connectivity index (χ1n) is 6.84. The van der Waals surface area contributed by atoms with Gasteiger partial charge in [-0.15, -0.1) is 0 Å². The molecule has 2 rings (SSSR count). The van der Waals surface area contributed by atoms with Gasteiger partial charge in [-0.3, -0.25) is 0 Å². The second kappa shape index (κ2) is 6.31. The van der Waals surface area contributed by atoms with Gasteiger partial charge in [0, 0.05) is 22.3 Å². The first-order chi connectivity index (χ1) is 9.52. The molecule has 0 heterocycles. The maximum Gasteiger partial charge on any atom is 0.120 e. The lowest BCUT2D eigenvalue weighted by Crippen LogP contribution is -2.26. The lowest BCUT2D eigenvalue weighted by atomic mass is 10.0. The summed E-state index contributed by atoms with van der Waals surface area (Å²) in [6.45, 7) is 7.22. The predicted octanol–water partition coefficient (Wildman–Crippen LogP) is 5.05. The number of halogens is 1. The molecule has 3 heteroatoms. The third-order valence-electron chi connectivity index (χ3n) is 3.61. The fourth-order valence-corrected chi connectivity index (χ4v) is 2.82. The Morgan fingerprint density at radius 2 is 1.80 bits per heavy atom. The minimum Gasteiger partial charge on any atom is -0.508 e. The van der Waals surface area contributed by atoms with E-state index < -0.39 is 0 Å². The van der Waals surface area contributed by atoms with Crippen molar-refractivity contribution in [2.24, 2.45) is 0 Å². The van der Waals surface area contributed by atoms with Crippen LogP contribution in [-0.2, 0) is 0 Å². The van der Waals surface area contributed by atoms with Gasteiger partial charge < -0.3 is 10.0 Å². The number of rotatable bonds is 4. The number of benzene rings is 2. The topological polar surface area (TPSA) is 23.5 Å². The van der Waals surface area contributed by atoms with Crippen LogP contribution >= 0.6 is 15.9 Å². The van der Waals surface area contributed by atoms with Gasteiger partial charge in [-0.05, 0) is 51.1 Å². The molecule has 2 nitrogen and oxygen atoms in total. The van der Waals surface area contributed by atoms with Gasteiger partial charge in [-0.25, -0.2) is 0 Å². The number of aryl methyl sites for hydroxylation is 1. The molecule has 0 spiro atoms. The van der Waals surface area contributed by atoms with E-state index in [2.05, 4.69) is 65.9 Å². The van der Waals surface area contributed by atoms with Gasteiger partial charge in [0.25, 0.3) is 0 Å². The molecule has 0 aliphatic carbocycles. The number of nitrogens with zero attached hydrogens (tertiary/aromatic N) is 1. The van der Waals surface area contributed by atoms with E-state index in [1.54, 1.807) is 6.07 Å². The molecule has 2 aromatic carbocycles. The number of anilines is 1. The molecule has 0 saturated carbocycles. The van der Waals surface area contributed by atoms with Crippen molar-refractivity contribution in [3.05, 3.63) is 58.1 Å². The highest BCUT2D eigenvalue weighted by Crippen LogP contribution is 2.33. The zero-order valence-corrected chi connectivity index (χ0v) is 13.7. The molecule has 0 bridgehead atoms. The summed E-state index contributed by atoms with van der Waals surface area (Å²) < 4.78 is 0.983. The van der Waals surface area contributed by atoms with Crippen LogP contribution in [0.15, 0.2) is 46.9 Å². The number of phenolic OH excluding ortho intramolecular Hbond substituents is 1. The van der Waals surface area contributed by atoms with E-state index in [4.69, 9.17) is 0 Å². The lowest BCUT2D eigenvalue weighted by molar-refractivity contribution is 0.461. The molecule has 1 N–H and O–H groups in total. The predicted molar refractivity (Wildman–Crippen MR) is 88.4 cm³/mol. The Hall–Kier alpha value is -1.48. The van der Waals surface area contributed by atoms with Crippen molar-refractivity contribution >= 4 is 21.6 Å². The minimum absolute atomic E-state index is 0.111. The minimum atomic E-state index is 0.111. The number of aromatic hydroxyl groups is 1. The molecule has 0 aliphatic heterocycles. The molecule has 0 radical (unpaired) electrons. The Morgan fingerprint density at radius 3 is 2.40 bits per heavy atom. The van der Waals surface area contributed by atoms with Crippen LogP contribution in [-0.4, -0.2) is 11.7 Å². The van der Waals surface area contributed by atoms with Crippen LogP contribution < -0.4 is 4.90 Å². The summed E-state index contributed by atoms with van der Waals surface area (Å²) >= 11 is 3.47. The third kappa shape index (κ3) is 3.15. The van der Waals surface area contributed by atoms with Gasteiger partial charge in [0.1, 0.15) is 5.75 Å². The second-order valence-electron chi connectivity index (χ2n) is 5.00. The Morgan fingerprint density at radius 1 is 1.15 bits per heavy atom. The number of phenols is 1. The highest BCUT2D eigenvalue weighted by Gasteiger charge is 2.18. The maximum absolute atomic E-state index is 10.1. The summed E-state index contributed by atoms with van der Waals surface area (Å²) in [5, 5.41) is 10.1. The zero-order chi connectivity index (χ0) is 14.7. The van der Waals surface area contributed by atoms with Crippen LogP contribution in [0.25, 0.3) is 0 Å². The molecular weight excluding hydrogens is 314 g/mol. The molecule has 0 amide bonds. The van der Waals surface area contributed by atoms with E-state index in [1.807, 2.05) is 12.1 Å². The fraction of sp³-hybridized carbons (Fsp3) is 0.294. The van der Waals surface area contributed by atoms with Crippen molar-refractivity contribution in [3.63, 3.8) is 0 Å². The molecular formula is C17H20BrNO. The van der Waals surface area contributed by atoms with Crippen LogP contribution in [0.5, 0.6) is 5.75 Å². The van der Waals surface area contributed by atoms with E-state index >= 15 is 0 Å². The van der Waals surface area contributed by atoms with Gasteiger partial charge in [0.2, 0.25) is 0 Å². The molecule has 20 heavy (non-hydrogen) atoms. The Bertz CT molecular complexity index is 580. The van der Waals surface area contributed by atoms with Crippen molar-refractivity contribution < 1.29 is 5.11 Å². The summed E-state index contributed by atoms with van der Waals surface area (Å²) in [5.74, 6) is 0.339. The van der Waals surface area contributed by atoms with Gasteiger partial charge >= 0.3 is 0 Å². The Balaban J connectivity index is 2.35. The van der Waals surface area contributed by atoms with Gasteiger partial charge in [-0.1, -0.05) is 33.6 Å². The largest absolute Gasteiger partial charge is 0.508 e. The molecule has 0 aromatic heterocycles. The SMILES string of the molecule is CCN(c1ccc(C)cc1)C(C)c1cc(Br)ccc1O. The quantitative estimate of drug-likeness (QED) is 0.846. The average Bonchev–Trinajstić information content (AvgIpc) is 2.44. The molecule has 0 fully saturated rings. The number of hydrogen-bond acceptors (Lipinski definition) is 2. The third-order valence-corrected chi connectivity index (χ3v) is 4.11. The highest BCUT2D eigenvalue weighted by atomic mass is 79.9. The van der Waals surface area contributed by atoms with E-state index in [0.717, 1.165) is 16.6 Å². The van der Waals surface area contributed by atoms with Crippen LogP contribution in [0.4, 0.5) is 5.69 Å². The normalized spacial score (nSPS) is 12.2. The summed E-state index contributed by atoms with van der Waals surface area (Å²) in [6.07, 6.45) is 0. The Labute approximate surface area is 129 Å². The van der Waals surface area contributed by atoms with E-state index in [-0.39, 0.29) is 6.04 Å². The fourth-order valence-electron chi connectivity index (χ4n) is 2.44. The first kappa shape index (κ1) is 14.9. The Kier molecular flexibility index (Phi) is 4.71. The van der Waals surface area contributed by atoms with Gasteiger partial charge in [-0.2, -0.15) is 0 Å². The lowest BCUT2D eigenvalue weighted by Gasteiger charge is -2.31. The average molecular weight is 334 g/mol. The monoisotopic (exact) mass is 333 g/mol. The molecule has 1 unspecified atom stereocenters. The second-order valence-corrected chi connectivity index (χ2v) is 5.92. The van der Waals surface area contributed by atoms with Crippen molar-refractivity contribution in [1.29, 1.82) is 0 Å². The van der Waals surface area contributed by atoms with Crippen LogP contribution in [0, 0.1) is 6.92 Å². The van der Waals surface area contributed by atoms with Crippen LogP contribution in [0.1, 0.15) is 31.0 Å². The standard InChI is InChI=1S/C17H20BrNO/c1-4-19(15-8-5-12(2)6-9-15)13(3)16-11-14(18)7-10-17(16)20/h5-11,13,20H,4H2,1-3H3. The maximum atomic E-state index is 10.1. The van der Waals surface area contributed by atoms with Crippen molar-refractivity contribution in [2.75, 3.05) is 11.4 Å². The van der Waals surface area contributed by atoms with Crippen molar-refractivity contribution in [1.82, 2.24) is 0 Å². The zero-order valence-electron chi connectivity index (χ0n) is 12.1. The summed E-state index contributed by atoms with van der Waals surface area (Å²) in [5.41, 5.74) is 3.36. The molecule has 0 saturated heterocycles. The summed E-state index contributed by atoms with van der Waals surface area (Å²) in [6, 6.07) is 14.2. The molecule has 2 aromatic rings. The first-order valence-corrected chi connectivity index (χ1v) is 7.64. The highest BCUT2D eigenvalue weighted by molar-refractivity contribution is 9.10.